The maximum absolute atomic E-state index is 13.3. The van der Waals surface area contributed by atoms with Crippen LogP contribution in [-0.4, -0.2) is 45.7 Å². The average Bonchev–Trinajstić information content (AvgIpc) is 2.74. The summed E-state index contributed by atoms with van der Waals surface area (Å²) in [6.07, 6.45) is -0.915. The van der Waals surface area contributed by atoms with Crippen molar-refractivity contribution < 1.29 is 24.2 Å². The molecule has 7 heteroatoms. The summed E-state index contributed by atoms with van der Waals surface area (Å²) in [6, 6.07) is 2.43. The molecule has 0 bridgehead atoms. The number of benzene rings is 1. The Balaban J connectivity index is 2.27. The van der Waals surface area contributed by atoms with Crippen LogP contribution in [0.15, 0.2) is 18.2 Å². The van der Waals surface area contributed by atoms with Gasteiger partial charge < -0.3 is 20.8 Å². The van der Waals surface area contributed by atoms with Crippen LogP contribution >= 0.6 is 0 Å². The van der Waals surface area contributed by atoms with E-state index >= 15 is 0 Å². The van der Waals surface area contributed by atoms with Gasteiger partial charge in [-0.2, -0.15) is 0 Å². The molecule has 1 aliphatic rings. The van der Waals surface area contributed by atoms with Gasteiger partial charge in [0.25, 0.3) is 5.91 Å². The minimum absolute atomic E-state index is 0.00653. The first kappa shape index (κ1) is 13.3. The molecule has 2 atom stereocenters. The molecule has 2 rings (SSSR count). The summed E-state index contributed by atoms with van der Waals surface area (Å²) in [5.41, 5.74) is 5.22. The zero-order valence-corrected chi connectivity index (χ0v) is 9.91. The molecule has 1 unspecified atom stereocenters. The summed E-state index contributed by atoms with van der Waals surface area (Å²) in [6.45, 7) is -0.0816. The van der Waals surface area contributed by atoms with Crippen molar-refractivity contribution in [1.82, 2.24) is 4.90 Å². The Morgan fingerprint density at radius 2 is 2.11 bits per heavy atom. The molecule has 1 saturated heterocycles. The fourth-order valence-electron chi connectivity index (χ4n) is 2.10. The second kappa shape index (κ2) is 4.85. The summed E-state index contributed by atoms with van der Waals surface area (Å²) in [5, 5.41) is 18.5. The number of halogens is 1. The molecule has 6 nitrogen and oxygen atoms in total. The Morgan fingerprint density at radius 3 is 2.68 bits per heavy atom. The molecule has 0 saturated carbocycles. The van der Waals surface area contributed by atoms with E-state index in [-0.39, 0.29) is 24.2 Å². The van der Waals surface area contributed by atoms with Crippen LogP contribution in [0.3, 0.4) is 0 Å². The molecule has 1 aliphatic heterocycles. The third-order valence-electron chi connectivity index (χ3n) is 3.07. The van der Waals surface area contributed by atoms with Crippen LogP contribution in [0, 0.1) is 5.82 Å². The number of amides is 1. The van der Waals surface area contributed by atoms with Gasteiger partial charge in [0.1, 0.15) is 11.9 Å². The van der Waals surface area contributed by atoms with E-state index in [9.17, 15) is 19.1 Å². The number of likely N-dealkylation sites (tertiary alicyclic amines) is 1. The van der Waals surface area contributed by atoms with Crippen LogP contribution in [0.5, 0.6) is 0 Å². The van der Waals surface area contributed by atoms with Crippen molar-refractivity contribution in [3.05, 3.63) is 29.6 Å². The number of nitrogens with zero attached hydrogens (tertiary/aromatic N) is 1. The molecular weight excluding hydrogens is 255 g/mol. The zero-order chi connectivity index (χ0) is 14.2. The number of rotatable bonds is 2. The van der Waals surface area contributed by atoms with Gasteiger partial charge in [0.2, 0.25) is 0 Å². The highest BCUT2D eigenvalue weighted by atomic mass is 19.1. The molecule has 1 fully saturated rings. The van der Waals surface area contributed by atoms with Gasteiger partial charge >= 0.3 is 5.97 Å². The molecule has 0 aliphatic carbocycles. The molecule has 0 radical (unpaired) electrons. The van der Waals surface area contributed by atoms with E-state index in [1.807, 2.05) is 0 Å². The summed E-state index contributed by atoms with van der Waals surface area (Å²) >= 11 is 0. The van der Waals surface area contributed by atoms with E-state index in [1.54, 1.807) is 0 Å². The minimum atomic E-state index is -1.19. The smallest absolute Gasteiger partial charge is 0.326 e. The summed E-state index contributed by atoms with van der Waals surface area (Å²) in [7, 11) is 0. The van der Waals surface area contributed by atoms with Crippen LogP contribution in [0.25, 0.3) is 0 Å². The van der Waals surface area contributed by atoms with Crippen molar-refractivity contribution in [2.24, 2.45) is 0 Å². The van der Waals surface area contributed by atoms with Gasteiger partial charge in [-0.15, -0.1) is 0 Å². The highest BCUT2D eigenvalue weighted by molar-refractivity contribution is 5.97. The van der Waals surface area contributed by atoms with Gasteiger partial charge in [-0.05, 0) is 18.2 Å². The van der Waals surface area contributed by atoms with Gasteiger partial charge in [0.15, 0.2) is 0 Å². The number of anilines is 1. The van der Waals surface area contributed by atoms with E-state index in [0.717, 1.165) is 11.0 Å². The van der Waals surface area contributed by atoms with Crippen LogP contribution in [0.4, 0.5) is 10.1 Å². The van der Waals surface area contributed by atoms with E-state index in [2.05, 4.69) is 0 Å². The number of β-amino-alcohol motifs (C(OH)–C–C–N with tert-alkyl or cyclic N) is 1. The SMILES string of the molecule is Nc1ccc(C(=O)N2CC(O)C[C@H]2C(=O)O)cc1F. The number of carbonyl (C=O) groups is 2. The Bertz CT molecular complexity index is 534. The van der Waals surface area contributed by atoms with Gasteiger partial charge in [-0.3, -0.25) is 4.79 Å². The Hall–Kier alpha value is -2.15. The first-order valence-corrected chi connectivity index (χ1v) is 5.67. The molecule has 4 N–H and O–H groups in total. The minimum Gasteiger partial charge on any atom is -0.480 e. The zero-order valence-electron chi connectivity index (χ0n) is 9.91. The predicted molar refractivity (Wildman–Crippen MR) is 63.9 cm³/mol. The van der Waals surface area contributed by atoms with Gasteiger partial charge in [-0.1, -0.05) is 0 Å². The molecule has 19 heavy (non-hydrogen) atoms. The number of nitrogens with two attached hydrogens (primary N) is 1. The van der Waals surface area contributed by atoms with Crippen LogP contribution < -0.4 is 5.73 Å². The lowest BCUT2D eigenvalue weighted by Crippen LogP contribution is -2.40. The van der Waals surface area contributed by atoms with E-state index < -0.39 is 29.8 Å². The number of carboxylic acids is 1. The predicted octanol–water partition coefficient (Wildman–Crippen LogP) is 0.0679. The Kier molecular flexibility index (Phi) is 3.39. The number of hydrogen-bond acceptors (Lipinski definition) is 4. The molecular formula is C12H13FN2O4. The fraction of sp³-hybridized carbons (Fsp3) is 0.333. The van der Waals surface area contributed by atoms with Crippen molar-refractivity contribution in [3.8, 4) is 0 Å². The molecule has 102 valence electrons. The topological polar surface area (TPSA) is 104 Å². The molecule has 1 aromatic rings. The van der Waals surface area contributed by atoms with Crippen LogP contribution in [0.1, 0.15) is 16.8 Å². The maximum atomic E-state index is 13.3. The van der Waals surface area contributed by atoms with Crippen molar-refractivity contribution >= 4 is 17.6 Å². The summed E-state index contributed by atoms with van der Waals surface area (Å²) in [4.78, 5) is 24.2. The van der Waals surface area contributed by atoms with E-state index in [0.29, 0.717) is 0 Å². The molecule has 1 aromatic carbocycles. The van der Waals surface area contributed by atoms with Crippen LogP contribution in [0.2, 0.25) is 0 Å². The normalized spacial score (nSPS) is 22.5. The highest BCUT2D eigenvalue weighted by Gasteiger charge is 2.39. The molecule has 1 amide bonds. The lowest BCUT2D eigenvalue weighted by molar-refractivity contribution is -0.141. The van der Waals surface area contributed by atoms with Gasteiger partial charge in [-0.25, -0.2) is 9.18 Å². The molecule has 1 heterocycles. The van der Waals surface area contributed by atoms with Crippen molar-refractivity contribution in [3.63, 3.8) is 0 Å². The number of aliphatic carboxylic acids is 1. The lowest BCUT2D eigenvalue weighted by atomic mass is 10.1. The maximum Gasteiger partial charge on any atom is 0.326 e. The Morgan fingerprint density at radius 1 is 1.42 bits per heavy atom. The van der Waals surface area contributed by atoms with Gasteiger partial charge in [0.05, 0.1) is 11.8 Å². The number of aliphatic hydroxyl groups excluding tert-OH is 1. The van der Waals surface area contributed by atoms with Crippen molar-refractivity contribution in [1.29, 1.82) is 0 Å². The van der Waals surface area contributed by atoms with Crippen LogP contribution in [-0.2, 0) is 4.79 Å². The Labute approximate surface area is 108 Å². The number of hydrogen-bond donors (Lipinski definition) is 3. The van der Waals surface area contributed by atoms with Crippen molar-refractivity contribution in [2.75, 3.05) is 12.3 Å². The average molecular weight is 268 g/mol. The fourth-order valence-corrected chi connectivity index (χ4v) is 2.10. The molecule has 0 aromatic heterocycles. The summed E-state index contributed by atoms with van der Waals surface area (Å²) < 4.78 is 13.3. The third kappa shape index (κ3) is 2.50. The highest BCUT2D eigenvalue weighted by Crippen LogP contribution is 2.22. The first-order chi connectivity index (χ1) is 8.90. The third-order valence-corrected chi connectivity index (χ3v) is 3.07. The number of carboxylic acid groups (broad SMARTS) is 1. The number of nitrogen functional groups attached to an aromatic ring is 1. The second-order valence-electron chi connectivity index (χ2n) is 4.44. The largest absolute Gasteiger partial charge is 0.480 e. The second-order valence-corrected chi connectivity index (χ2v) is 4.44. The van der Waals surface area contributed by atoms with Gasteiger partial charge in [0, 0.05) is 18.5 Å². The number of carbonyl (C=O) groups excluding carboxylic acids is 1. The monoisotopic (exact) mass is 268 g/mol. The van der Waals surface area contributed by atoms with Crippen molar-refractivity contribution in [2.45, 2.75) is 18.6 Å². The van der Waals surface area contributed by atoms with E-state index in [4.69, 9.17) is 10.8 Å². The quantitative estimate of drug-likeness (QED) is 0.658. The molecule has 0 spiro atoms. The number of aliphatic hydroxyl groups is 1. The first-order valence-electron chi connectivity index (χ1n) is 5.67. The van der Waals surface area contributed by atoms with E-state index in [1.165, 1.54) is 12.1 Å². The lowest BCUT2D eigenvalue weighted by Gasteiger charge is -2.21. The standard InChI is InChI=1S/C12H13FN2O4/c13-8-3-6(1-2-9(8)14)11(17)15-5-7(16)4-10(15)12(18)19/h1-3,7,10,16H,4-5,14H2,(H,18,19)/t7?,10-/m0/s1. The summed E-state index contributed by atoms with van der Waals surface area (Å²) in [5.74, 6) is -2.57.